The van der Waals surface area contributed by atoms with Crippen LogP contribution < -0.4 is 16.1 Å². The van der Waals surface area contributed by atoms with Gasteiger partial charge in [0.2, 0.25) is 0 Å². The van der Waals surface area contributed by atoms with Gasteiger partial charge in [-0.15, -0.1) is 0 Å². The predicted octanol–water partition coefficient (Wildman–Crippen LogP) is 2.42. The molecule has 1 fully saturated rings. The molecule has 132 valence electrons. The molecule has 1 aliphatic rings. The fourth-order valence-electron chi connectivity index (χ4n) is 2.81. The van der Waals surface area contributed by atoms with E-state index in [9.17, 15) is 4.79 Å². The zero-order chi connectivity index (χ0) is 18.1. The molecular weight excluding hydrogens is 303 g/mol. The summed E-state index contributed by atoms with van der Waals surface area (Å²) in [6.07, 6.45) is 0. The van der Waals surface area contributed by atoms with Gasteiger partial charge in [-0.3, -0.25) is 0 Å². The summed E-state index contributed by atoms with van der Waals surface area (Å²) in [5.74, 6) is 0. The van der Waals surface area contributed by atoms with Crippen LogP contribution in [0.5, 0.6) is 0 Å². The maximum atomic E-state index is 11.6. The van der Waals surface area contributed by atoms with Gasteiger partial charge in [-0.25, -0.2) is 4.79 Å². The van der Waals surface area contributed by atoms with Crippen LogP contribution in [0.4, 0.5) is 4.79 Å². The van der Waals surface area contributed by atoms with E-state index in [2.05, 4.69) is 64.3 Å². The van der Waals surface area contributed by atoms with Gasteiger partial charge in [0.25, 0.3) is 0 Å². The van der Waals surface area contributed by atoms with Crippen molar-refractivity contribution in [3.05, 3.63) is 28.8 Å². The fraction of sp³-hybridized carbons (Fsp3) is 0.611. The molecule has 0 radical (unpaired) electrons. The number of urea groups is 1. The topological polar surface area (TPSA) is 59.6 Å². The van der Waals surface area contributed by atoms with Crippen molar-refractivity contribution >= 4 is 18.6 Å². The summed E-state index contributed by atoms with van der Waals surface area (Å²) in [6.45, 7) is 15.3. The number of nitrogens with one attached hydrogen (secondary N) is 2. The number of amides is 2. The van der Waals surface area contributed by atoms with Crippen molar-refractivity contribution in [1.29, 1.82) is 0 Å². The van der Waals surface area contributed by atoms with Crippen molar-refractivity contribution < 1.29 is 14.1 Å². The van der Waals surface area contributed by atoms with Gasteiger partial charge in [0.05, 0.1) is 11.2 Å². The molecule has 0 aliphatic carbocycles. The lowest BCUT2D eigenvalue weighted by Gasteiger charge is -2.32. The predicted molar refractivity (Wildman–Crippen MR) is 97.5 cm³/mol. The molecule has 6 heteroatoms. The Morgan fingerprint density at radius 3 is 2.00 bits per heavy atom. The molecule has 1 heterocycles. The zero-order valence-corrected chi connectivity index (χ0v) is 15.9. The first-order valence-corrected chi connectivity index (χ1v) is 8.54. The van der Waals surface area contributed by atoms with Crippen molar-refractivity contribution in [2.24, 2.45) is 0 Å². The van der Waals surface area contributed by atoms with Crippen LogP contribution in [0.2, 0.25) is 0 Å². The normalized spacial score (nSPS) is 18.5. The quantitative estimate of drug-likeness (QED) is 0.833. The summed E-state index contributed by atoms with van der Waals surface area (Å²) in [5, 5.41) is 5.62. The number of aryl methyl sites for hydroxylation is 2. The van der Waals surface area contributed by atoms with E-state index in [1.54, 1.807) is 0 Å². The van der Waals surface area contributed by atoms with Gasteiger partial charge in [0.1, 0.15) is 0 Å². The number of benzene rings is 1. The highest BCUT2D eigenvalue weighted by molar-refractivity contribution is 6.62. The minimum Gasteiger partial charge on any atom is -0.399 e. The summed E-state index contributed by atoms with van der Waals surface area (Å²) in [5.41, 5.74) is 3.69. The summed E-state index contributed by atoms with van der Waals surface area (Å²) in [4.78, 5) is 11.6. The molecule has 1 aliphatic heterocycles. The minimum atomic E-state index is -0.363. The van der Waals surface area contributed by atoms with E-state index in [1.807, 2.05) is 6.92 Å². The van der Waals surface area contributed by atoms with Crippen LogP contribution in [-0.4, -0.2) is 30.9 Å². The Balaban J connectivity index is 2.17. The van der Waals surface area contributed by atoms with Crippen LogP contribution in [0.1, 0.15) is 51.3 Å². The summed E-state index contributed by atoms with van der Waals surface area (Å²) >= 11 is 0. The van der Waals surface area contributed by atoms with Crippen LogP contribution in [0.15, 0.2) is 12.1 Å². The van der Waals surface area contributed by atoms with Gasteiger partial charge >= 0.3 is 13.1 Å². The van der Waals surface area contributed by atoms with Crippen LogP contribution in [0.3, 0.4) is 0 Å². The third-order valence-corrected chi connectivity index (χ3v) is 5.01. The Kier molecular flexibility index (Phi) is 5.30. The van der Waals surface area contributed by atoms with E-state index >= 15 is 0 Å². The van der Waals surface area contributed by atoms with Crippen LogP contribution in [0.25, 0.3) is 0 Å². The average Bonchev–Trinajstić information content (AvgIpc) is 2.66. The van der Waals surface area contributed by atoms with Crippen molar-refractivity contribution in [1.82, 2.24) is 10.6 Å². The minimum absolute atomic E-state index is 0.147. The largest absolute Gasteiger partial charge is 0.494 e. The number of rotatable bonds is 4. The molecule has 2 rings (SSSR count). The standard InChI is InChI=1S/C18H29BN2O3/c1-8-20-16(22)21-11-15-12(2)9-14(10-13(15)3)19-23-17(4,5)18(6,7)24-19/h9-10H,8,11H2,1-7H3,(H2,20,21,22). The van der Waals surface area contributed by atoms with Gasteiger partial charge in [-0.1, -0.05) is 12.1 Å². The van der Waals surface area contributed by atoms with Gasteiger partial charge in [0.15, 0.2) is 0 Å². The number of carbonyl (C=O) groups is 1. The maximum Gasteiger partial charge on any atom is 0.494 e. The first kappa shape index (κ1) is 18.8. The second-order valence-electron chi connectivity index (χ2n) is 7.43. The highest BCUT2D eigenvalue weighted by Gasteiger charge is 2.51. The highest BCUT2D eigenvalue weighted by Crippen LogP contribution is 2.36. The van der Waals surface area contributed by atoms with Crippen LogP contribution in [0, 0.1) is 13.8 Å². The molecule has 5 nitrogen and oxygen atoms in total. The third kappa shape index (κ3) is 3.76. The molecule has 0 saturated carbocycles. The first-order valence-electron chi connectivity index (χ1n) is 8.54. The number of hydrogen-bond acceptors (Lipinski definition) is 3. The van der Waals surface area contributed by atoms with Gasteiger partial charge in [0, 0.05) is 13.1 Å². The Hall–Kier alpha value is -1.53. The molecule has 1 saturated heterocycles. The molecule has 0 spiro atoms. The van der Waals surface area contributed by atoms with E-state index < -0.39 is 0 Å². The van der Waals surface area contributed by atoms with E-state index in [4.69, 9.17) is 9.31 Å². The van der Waals surface area contributed by atoms with Crippen LogP contribution in [-0.2, 0) is 15.9 Å². The average molecular weight is 332 g/mol. The Labute approximate surface area is 145 Å². The molecule has 0 unspecified atom stereocenters. The van der Waals surface area contributed by atoms with Gasteiger partial charge in [-0.05, 0) is 70.6 Å². The number of hydrogen-bond donors (Lipinski definition) is 2. The van der Waals surface area contributed by atoms with Crippen molar-refractivity contribution in [3.63, 3.8) is 0 Å². The molecule has 1 aromatic carbocycles. The van der Waals surface area contributed by atoms with Crippen molar-refractivity contribution in [2.45, 2.75) is 66.2 Å². The lowest BCUT2D eigenvalue weighted by atomic mass is 9.76. The van der Waals surface area contributed by atoms with E-state index in [0.29, 0.717) is 13.1 Å². The number of carbonyl (C=O) groups excluding carboxylic acids is 1. The zero-order valence-electron chi connectivity index (χ0n) is 15.9. The van der Waals surface area contributed by atoms with E-state index in [-0.39, 0.29) is 24.4 Å². The smallest absolute Gasteiger partial charge is 0.399 e. The Morgan fingerprint density at radius 1 is 1.04 bits per heavy atom. The molecule has 2 amide bonds. The van der Waals surface area contributed by atoms with Gasteiger partial charge in [-0.2, -0.15) is 0 Å². The maximum absolute atomic E-state index is 11.6. The lowest BCUT2D eigenvalue weighted by Crippen LogP contribution is -2.41. The lowest BCUT2D eigenvalue weighted by molar-refractivity contribution is 0.00578. The summed E-state index contributed by atoms with van der Waals surface area (Å²) in [7, 11) is -0.363. The molecule has 24 heavy (non-hydrogen) atoms. The molecule has 1 aromatic rings. The highest BCUT2D eigenvalue weighted by atomic mass is 16.7. The molecule has 0 aromatic heterocycles. The van der Waals surface area contributed by atoms with Crippen molar-refractivity contribution in [3.8, 4) is 0 Å². The molecule has 0 atom stereocenters. The third-order valence-electron chi connectivity index (χ3n) is 5.01. The first-order chi connectivity index (χ1) is 11.1. The van der Waals surface area contributed by atoms with E-state index in [1.165, 1.54) is 0 Å². The van der Waals surface area contributed by atoms with Crippen molar-refractivity contribution in [2.75, 3.05) is 6.54 Å². The SMILES string of the molecule is CCNC(=O)NCc1c(C)cc(B2OC(C)(C)C(C)(C)O2)cc1C. The second-order valence-corrected chi connectivity index (χ2v) is 7.43. The summed E-state index contributed by atoms with van der Waals surface area (Å²) in [6, 6.07) is 4.03. The second kappa shape index (κ2) is 6.77. The monoisotopic (exact) mass is 332 g/mol. The molecule has 0 bridgehead atoms. The Morgan fingerprint density at radius 2 is 1.54 bits per heavy atom. The van der Waals surface area contributed by atoms with Gasteiger partial charge < -0.3 is 19.9 Å². The Bertz CT molecular complexity index is 590. The van der Waals surface area contributed by atoms with Crippen LogP contribution >= 0.6 is 0 Å². The molecular formula is C18H29BN2O3. The summed E-state index contributed by atoms with van der Waals surface area (Å²) < 4.78 is 12.3. The fourth-order valence-corrected chi connectivity index (χ4v) is 2.81. The van der Waals surface area contributed by atoms with E-state index in [0.717, 1.165) is 22.2 Å². The molecule has 2 N–H and O–H groups in total.